The largest absolute Gasteiger partial charge is 0.370 e. The van der Waals surface area contributed by atoms with Gasteiger partial charge in [0, 0.05) is 0 Å². The van der Waals surface area contributed by atoms with Crippen LogP contribution in [0.15, 0.2) is 59.5 Å². The Labute approximate surface area is 136 Å². The first-order chi connectivity index (χ1) is 11.0. The molecular formula is C18H19NO3S. The molecule has 0 radical (unpaired) electrons. The first kappa shape index (κ1) is 15.7. The van der Waals surface area contributed by atoms with Crippen LogP contribution in [-0.4, -0.2) is 14.3 Å². The van der Waals surface area contributed by atoms with Crippen LogP contribution >= 0.6 is 0 Å². The summed E-state index contributed by atoms with van der Waals surface area (Å²) in [7, 11) is -3.73. The fourth-order valence-electron chi connectivity index (χ4n) is 3.55. The van der Waals surface area contributed by atoms with Gasteiger partial charge in [0.1, 0.15) is 4.75 Å². The van der Waals surface area contributed by atoms with Crippen molar-refractivity contribution in [1.29, 1.82) is 0 Å². The van der Waals surface area contributed by atoms with E-state index in [0.717, 1.165) is 18.4 Å². The number of hydrogen-bond acceptors (Lipinski definition) is 3. The number of sulfone groups is 1. The molecule has 1 unspecified atom stereocenters. The zero-order chi connectivity index (χ0) is 16.5. The van der Waals surface area contributed by atoms with Gasteiger partial charge in [-0.3, -0.25) is 4.79 Å². The number of carbonyl (C=O) groups excluding carboxylic acids is 1. The van der Waals surface area contributed by atoms with E-state index in [2.05, 4.69) is 0 Å². The van der Waals surface area contributed by atoms with E-state index >= 15 is 0 Å². The summed E-state index contributed by atoms with van der Waals surface area (Å²) in [6.45, 7) is 0. The van der Waals surface area contributed by atoms with Gasteiger partial charge >= 0.3 is 0 Å². The van der Waals surface area contributed by atoms with E-state index in [1.54, 1.807) is 30.3 Å². The highest BCUT2D eigenvalue weighted by atomic mass is 32.2. The molecule has 3 rings (SSSR count). The van der Waals surface area contributed by atoms with Gasteiger partial charge in [-0.15, -0.1) is 0 Å². The number of primary amides is 1. The summed E-state index contributed by atoms with van der Waals surface area (Å²) in [5, 5.41) is 0. The molecule has 0 spiro atoms. The molecule has 0 aliphatic heterocycles. The lowest BCUT2D eigenvalue weighted by molar-refractivity contribution is -0.118. The Balaban J connectivity index is 2.27. The van der Waals surface area contributed by atoms with E-state index < -0.39 is 20.5 Å². The second kappa shape index (κ2) is 5.81. The second-order valence-electron chi connectivity index (χ2n) is 5.96. The molecule has 2 aromatic carbocycles. The predicted octanol–water partition coefficient (Wildman–Crippen LogP) is 2.57. The van der Waals surface area contributed by atoms with Crippen molar-refractivity contribution in [3.63, 3.8) is 0 Å². The lowest BCUT2D eigenvalue weighted by Gasteiger charge is -2.38. The minimum atomic E-state index is -3.73. The van der Waals surface area contributed by atoms with Crippen LogP contribution in [-0.2, 0) is 25.8 Å². The Kier molecular flexibility index (Phi) is 3.98. The molecule has 0 aromatic heterocycles. The summed E-state index contributed by atoms with van der Waals surface area (Å²) >= 11 is 0. The fraction of sp³-hybridized carbons (Fsp3) is 0.278. The molecule has 1 aliphatic carbocycles. The standard InChI is InChI=1S/C18H19NO3S/c19-17(20)13-18(23(21,22)15-9-2-1-3-10-15)12-6-8-14-7-4-5-11-16(14)18/h1-5,7,9-11H,6,8,12-13H2,(H2,19,20). The van der Waals surface area contributed by atoms with Crippen LogP contribution in [0, 0.1) is 0 Å². The van der Waals surface area contributed by atoms with Gasteiger partial charge in [0.25, 0.3) is 0 Å². The smallest absolute Gasteiger partial charge is 0.219 e. The van der Waals surface area contributed by atoms with Crippen LogP contribution in [0.25, 0.3) is 0 Å². The number of fused-ring (bicyclic) bond motifs is 1. The van der Waals surface area contributed by atoms with Crippen molar-refractivity contribution in [2.75, 3.05) is 0 Å². The Bertz CT molecular complexity index is 830. The topological polar surface area (TPSA) is 77.2 Å². The zero-order valence-electron chi connectivity index (χ0n) is 12.7. The summed E-state index contributed by atoms with van der Waals surface area (Å²) in [4.78, 5) is 12.0. The van der Waals surface area contributed by atoms with Gasteiger partial charge in [-0.1, -0.05) is 42.5 Å². The molecule has 0 bridgehead atoms. The lowest BCUT2D eigenvalue weighted by Crippen LogP contribution is -2.42. The SMILES string of the molecule is NC(=O)CC1(S(=O)(=O)c2ccccc2)CCCc2ccccc21. The third-order valence-electron chi connectivity index (χ3n) is 4.56. The van der Waals surface area contributed by atoms with Gasteiger partial charge in [0.05, 0.1) is 11.3 Å². The van der Waals surface area contributed by atoms with Gasteiger partial charge < -0.3 is 5.73 Å². The lowest BCUT2D eigenvalue weighted by atomic mass is 9.80. The molecule has 1 amide bonds. The third-order valence-corrected chi connectivity index (χ3v) is 7.05. The molecule has 23 heavy (non-hydrogen) atoms. The average Bonchev–Trinajstić information content (AvgIpc) is 2.55. The molecule has 0 saturated heterocycles. The van der Waals surface area contributed by atoms with Crippen molar-refractivity contribution in [2.24, 2.45) is 5.73 Å². The van der Waals surface area contributed by atoms with Gasteiger partial charge in [0.2, 0.25) is 5.91 Å². The maximum Gasteiger partial charge on any atom is 0.219 e. The van der Waals surface area contributed by atoms with Crippen LogP contribution in [0.3, 0.4) is 0 Å². The Hall–Kier alpha value is -2.14. The maximum atomic E-state index is 13.4. The Morgan fingerprint density at radius 2 is 1.70 bits per heavy atom. The third kappa shape index (κ3) is 2.55. The molecule has 2 N–H and O–H groups in total. The number of nitrogens with two attached hydrogens (primary N) is 1. The van der Waals surface area contributed by atoms with Crippen LogP contribution in [0.5, 0.6) is 0 Å². The quantitative estimate of drug-likeness (QED) is 0.936. The summed E-state index contributed by atoms with van der Waals surface area (Å²) in [6, 6.07) is 15.8. The van der Waals surface area contributed by atoms with E-state index in [4.69, 9.17) is 5.73 Å². The molecule has 1 aliphatic rings. The fourth-order valence-corrected chi connectivity index (χ4v) is 5.75. The molecule has 2 aromatic rings. The van der Waals surface area contributed by atoms with Crippen LogP contribution in [0.2, 0.25) is 0 Å². The second-order valence-corrected chi connectivity index (χ2v) is 8.22. The maximum absolute atomic E-state index is 13.4. The molecule has 0 heterocycles. The summed E-state index contributed by atoms with van der Waals surface area (Å²) < 4.78 is 25.5. The number of hydrogen-bond donors (Lipinski definition) is 1. The van der Waals surface area contributed by atoms with Crippen molar-refractivity contribution < 1.29 is 13.2 Å². The normalized spacial score (nSPS) is 20.7. The van der Waals surface area contributed by atoms with Crippen molar-refractivity contribution >= 4 is 15.7 Å². The number of rotatable bonds is 4. The highest BCUT2D eigenvalue weighted by Gasteiger charge is 2.49. The minimum absolute atomic E-state index is 0.193. The van der Waals surface area contributed by atoms with E-state index in [1.807, 2.05) is 24.3 Å². The van der Waals surface area contributed by atoms with Gasteiger partial charge in [-0.2, -0.15) is 0 Å². The number of carbonyl (C=O) groups is 1. The number of amides is 1. The van der Waals surface area contributed by atoms with Crippen molar-refractivity contribution in [2.45, 2.75) is 35.3 Å². The van der Waals surface area contributed by atoms with Gasteiger partial charge in [-0.25, -0.2) is 8.42 Å². The van der Waals surface area contributed by atoms with Crippen LogP contribution in [0.4, 0.5) is 0 Å². The molecule has 5 heteroatoms. The summed E-state index contributed by atoms with van der Waals surface area (Å²) in [5.74, 6) is -0.596. The molecule has 4 nitrogen and oxygen atoms in total. The van der Waals surface area contributed by atoms with Gasteiger partial charge in [-0.05, 0) is 42.5 Å². The van der Waals surface area contributed by atoms with Crippen LogP contribution in [0.1, 0.15) is 30.4 Å². The Morgan fingerprint density at radius 3 is 2.39 bits per heavy atom. The van der Waals surface area contributed by atoms with Gasteiger partial charge in [0.15, 0.2) is 9.84 Å². The molecule has 1 atom stereocenters. The minimum Gasteiger partial charge on any atom is -0.370 e. The van der Waals surface area contributed by atoms with E-state index in [1.165, 1.54) is 0 Å². The molecule has 0 saturated carbocycles. The highest BCUT2D eigenvalue weighted by molar-refractivity contribution is 7.92. The average molecular weight is 329 g/mol. The molecular weight excluding hydrogens is 310 g/mol. The zero-order valence-corrected chi connectivity index (χ0v) is 13.6. The number of benzene rings is 2. The predicted molar refractivity (Wildman–Crippen MR) is 88.5 cm³/mol. The van der Waals surface area contributed by atoms with Crippen LogP contribution < -0.4 is 5.73 Å². The van der Waals surface area contributed by atoms with Crippen molar-refractivity contribution in [1.82, 2.24) is 0 Å². The number of aryl methyl sites for hydroxylation is 1. The molecule has 0 fully saturated rings. The Morgan fingerprint density at radius 1 is 1.04 bits per heavy atom. The van der Waals surface area contributed by atoms with E-state index in [0.29, 0.717) is 12.0 Å². The first-order valence-electron chi connectivity index (χ1n) is 7.64. The monoisotopic (exact) mass is 329 g/mol. The summed E-state index contributed by atoms with van der Waals surface area (Å²) in [5.41, 5.74) is 7.14. The molecule has 120 valence electrons. The van der Waals surface area contributed by atoms with E-state index in [-0.39, 0.29) is 11.3 Å². The van der Waals surface area contributed by atoms with E-state index in [9.17, 15) is 13.2 Å². The first-order valence-corrected chi connectivity index (χ1v) is 9.12. The highest BCUT2D eigenvalue weighted by Crippen LogP contribution is 2.46. The van der Waals surface area contributed by atoms with Crippen molar-refractivity contribution in [3.8, 4) is 0 Å². The summed E-state index contributed by atoms with van der Waals surface area (Å²) in [6.07, 6.45) is 1.75. The van der Waals surface area contributed by atoms with Crippen molar-refractivity contribution in [3.05, 3.63) is 65.7 Å².